The van der Waals surface area contributed by atoms with E-state index >= 15 is 0 Å². The molecule has 32 heavy (non-hydrogen) atoms. The maximum absolute atomic E-state index is 12.8. The van der Waals surface area contributed by atoms with E-state index in [0.717, 1.165) is 6.42 Å². The molecule has 0 fully saturated rings. The van der Waals surface area contributed by atoms with Gasteiger partial charge in [-0.2, -0.15) is 0 Å². The number of benzene rings is 2. The van der Waals surface area contributed by atoms with Crippen LogP contribution in [0.15, 0.2) is 71.8 Å². The van der Waals surface area contributed by atoms with Crippen LogP contribution in [-0.4, -0.2) is 32.5 Å². The van der Waals surface area contributed by atoms with Gasteiger partial charge >= 0.3 is 0 Å². The molecule has 0 saturated heterocycles. The second kappa shape index (κ2) is 9.37. The fourth-order valence-electron chi connectivity index (χ4n) is 3.24. The highest BCUT2D eigenvalue weighted by atomic mass is 32.2. The van der Waals surface area contributed by atoms with Crippen LogP contribution >= 0.6 is 0 Å². The Bertz CT molecular complexity index is 1220. The molecule has 1 aromatic heterocycles. The van der Waals surface area contributed by atoms with Crippen LogP contribution in [0.3, 0.4) is 0 Å². The number of nitrogens with zero attached hydrogens (tertiary/aromatic N) is 1. The summed E-state index contributed by atoms with van der Waals surface area (Å²) in [6.45, 7) is 2.82. The fourth-order valence-corrected chi connectivity index (χ4v) is 4.50. The molecule has 2 aromatic carbocycles. The molecule has 4 rings (SSSR count). The Kier molecular flexibility index (Phi) is 6.38. The quantitative estimate of drug-likeness (QED) is 0.591. The van der Waals surface area contributed by atoms with Gasteiger partial charge in [0.05, 0.1) is 29.8 Å². The van der Waals surface area contributed by atoms with Crippen LogP contribution in [0.25, 0.3) is 0 Å². The van der Waals surface area contributed by atoms with Gasteiger partial charge in [-0.05, 0) is 49.4 Å². The highest BCUT2D eigenvalue weighted by Crippen LogP contribution is 2.32. The molecule has 0 spiro atoms. The van der Waals surface area contributed by atoms with Crippen LogP contribution in [0.2, 0.25) is 0 Å². The van der Waals surface area contributed by atoms with E-state index in [0.29, 0.717) is 36.1 Å². The number of hydrogen-bond acceptors (Lipinski definition) is 6. The van der Waals surface area contributed by atoms with Gasteiger partial charge in [0, 0.05) is 29.9 Å². The number of aromatic nitrogens is 1. The lowest BCUT2D eigenvalue weighted by atomic mass is 10.2. The molecule has 0 radical (unpaired) electrons. The molecule has 3 aromatic rings. The van der Waals surface area contributed by atoms with Gasteiger partial charge in [-0.15, -0.1) is 0 Å². The van der Waals surface area contributed by atoms with E-state index in [1.165, 1.54) is 18.2 Å². The van der Waals surface area contributed by atoms with Crippen molar-refractivity contribution >= 4 is 21.6 Å². The predicted molar refractivity (Wildman–Crippen MR) is 119 cm³/mol. The standard InChI is InChI=1S/C23H23N3O5S/c1-16(20-8-2-3-11-24-20)26-32(28,29)19-7-4-6-17(14-19)23(27)25-18-9-10-21-22(15-18)31-13-5-12-30-21/h2-4,6-11,14-16,26H,5,12-13H2,1H3,(H,25,27)/t16-/m0/s1. The summed E-state index contributed by atoms with van der Waals surface area (Å²) in [6, 6.07) is 15.8. The molecule has 2 N–H and O–H groups in total. The minimum atomic E-state index is -3.86. The first-order valence-corrected chi connectivity index (χ1v) is 11.6. The topological polar surface area (TPSA) is 107 Å². The number of carbonyl (C=O) groups excluding carboxylic acids is 1. The molecular formula is C23H23N3O5S. The number of ether oxygens (including phenoxy) is 2. The van der Waals surface area contributed by atoms with Crippen LogP contribution in [-0.2, 0) is 10.0 Å². The van der Waals surface area contributed by atoms with Gasteiger partial charge in [0.2, 0.25) is 10.0 Å². The highest BCUT2D eigenvalue weighted by Gasteiger charge is 2.21. The van der Waals surface area contributed by atoms with Gasteiger partial charge in [-0.1, -0.05) is 12.1 Å². The first-order valence-electron chi connectivity index (χ1n) is 10.2. The molecule has 0 saturated carbocycles. The number of rotatable bonds is 6. The Morgan fingerprint density at radius 1 is 1.00 bits per heavy atom. The molecule has 1 aliphatic heterocycles. The molecule has 1 aliphatic rings. The Balaban J connectivity index is 1.50. The minimum absolute atomic E-state index is 0.00778. The van der Waals surface area contributed by atoms with Crippen molar-refractivity contribution in [3.05, 3.63) is 78.1 Å². The van der Waals surface area contributed by atoms with Crippen molar-refractivity contribution < 1.29 is 22.7 Å². The van der Waals surface area contributed by atoms with Crippen molar-refractivity contribution in [1.29, 1.82) is 0 Å². The zero-order valence-electron chi connectivity index (χ0n) is 17.4. The zero-order chi connectivity index (χ0) is 22.6. The summed E-state index contributed by atoms with van der Waals surface area (Å²) in [4.78, 5) is 16.9. The van der Waals surface area contributed by atoms with E-state index in [9.17, 15) is 13.2 Å². The second-order valence-corrected chi connectivity index (χ2v) is 9.01. The fraction of sp³-hybridized carbons (Fsp3) is 0.217. The van der Waals surface area contributed by atoms with E-state index in [4.69, 9.17) is 9.47 Å². The average Bonchev–Trinajstić information content (AvgIpc) is 3.04. The van der Waals surface area contributed by atoms with Crippen LogP contribution in [0.1, 0.15) is 35.4 Å². The number of nitrogens with one attached hydrogen (secondary N) is 2. The van der Waals surface area contributed by atoms with Crippen LogP contribution in [0.5, 0.6) is 11.5 Å². The number of anilines is 1. The monoisotopic (exact) mass is 453 g/mol. The SMILES string of the molecule is C[C@H](NS(=O)(=O)c1cccc(C(=O)Nc2ccc3c(c2)OCCCO3)c1)c1ccccn1. The summed E-state index contributed by atoms with van der Waals surface area (Å²) in [5.74, 6) is 0.750. The van der Waals surface area contributed by atoms with Gasteiger partial charge < -0.3 is 14.8 Å². The Labute approximate surface area is 186 Å². The third kappa shape index (κ3) is 5.06. The summed E-state index contributed by atoms with van der Waals surface area (Å²) < 4.78 is 39.5. The first kappa shape index (κ1) is 21.8. The molecule has 1 atom stereocenters. The van der Waals surface area contributed by atoms with Gasteiger partial charge in [0.1, 0.15) is 0 Å². The lowest BCUT2D eigenvalue weighted by molar-refractivity contribution is 0.102. The summed E-state index contributed by atoms with van der Waals surface area (Å²) in [7, 11) is -3.86. The van der Waals surface area contributed by atoms with Gasteiger partial charge in [-0.3, -0.25) is 9.78 Å². The van der Waals surface area contributed by atoms with E-state index in [-0.39, 0.29) is 10.5 Å². The maximum atomic E-state index is 12.8. The zero-order valence-corrected chi connectivity index (χ0v) is 18.3. The summed E-state index contributed by atoms with van der Waals surface area (Å²) in [5, 5.41) is 2.77. The van der Waals surface area contributed by atoms with E-state index in [1.54, 1.807) is 55.6 Å². The van der Waals surface area contributed by atoms with Gasteiger partial charge in [-0.25, -0.2) is 13.1 Å². The smallest absolute Gasteiger partial charge is 0.255 e. The van der Waals surface area contributed by atoms with Crippen molar-refractivity contribution in [3.63, 3.8) is 0 Å². The lowest BCUT2D eigenvalue weighted by Gasteiger charge is -2.14. The van der Waals surface area contributed by atoms with E-state index in [2.05, 4.69) is 15.0 Å². The molecule has 0 bridgehead atoms. The normalized spacial score (nSPS) is 14.3. The van der Waals surface area contributed by atoms with Gasteiger partial charge in [0.25, 0.3) is 5.91 Å². The Morgan fingerprint density at radius 3 is 2.59 bits per heavy atom. The largest absolute Gasteiger partial charge is 0.490 e. The van der Waals surface area contributed by atoms with Crippen molar-refractivity contribution in [2.45, 2.75) is 24.3 Å². The third-order valence-electron chi connectivity index (χ3n) is 4.88. The van der Waals surface area contributed by atoms with Crippen molar-refractivity contribution in [2.24, 2.45) is 0 Å². The first-order chi connectivity index (χ1) is 15.4. The number of amides is 1. The number of sulfonamides is 1. The molecule has 0 aliphatic carbocycles. The van der Waals surface area contributed by atoms with Crippen molar-refractivity contribution in [2.75, 3.05) is 18.5 Å². The molecule has 1 amide bonds. The summed E-state index contributed by atoms with van der Waals surface area (Å²) in [6.07, 6.45) is 2.38. The molecule has 2 heterocycles. The number of hydrogen-bond donors (Lipinski definition) is 2. The number of carbonyl (C=O) groups is 1. The summed E-state index contributed by atoms with van der Waals surface area (Å²) in [5.41, 5.74) is 1.33. The van der Waals surface area contributed by atoms with Crippen LogP contribution < -0.4 is 19.5 Å². The highest BCUT2D eigenvalue weighted by molar-refractivity contribution is 7.89. The van der Waals surface area contributed by atoms with Crippen LogP contribution in [0, 0.1) is 0 Å². The molecule has 8 nitrogen and oxygen atoms in total. The molecule has 9 heteroatoms. The summed E-state index contributed by atoms with van der Waals surface area (Å²) >= 11 is 0. The Hall–Kier alpha value is -3.43. The molecular weight excluding hydrogens is 430 g/mol. The number of fused-ring (bicyclic) bond motifs is 1. The van der Waals surface area contributed by atoms with E-state index in [1.807, 2.05) is 0 Å². The number of pyridine rings is 1. The second-order valence-electron chi connectivity index (χ2n) is 7.29. The molecule has 166 valence electrons. The average molecular weight is 454 g/mol. The third-order valence-corrected chi connectivity index (χ3v) is 6.41. The van der Waals surface area contributed by atoms with Crippen molar-refractivity contribution in [1.82, 2.24) is 9.71 Å². The van der Waals surface area contributed by atoms with E-state index < -0.39 is 22.0 Å². The Morgan fingerprint density at radius 2 is 1.81 bits per heavy atom. The lowest BCUT2D eigenvalue weighted by Crippen LogP contribution is -2.27. The predicted octanol–water partition coefficient (Wildman–Crippen LogP) is 3.53. The van der Waals surface area contributed by atoms with Gasteiger partial charge in [0.15, 0.2) is 11.5 Å². The minimum Gasteiger partial charge on any atom is -0.490 e. The molecule has 0 unspecified atom stereocenters. The van der Waals surface area contributed by atoms with Crippen LogP contribution in [0.4, 0.5) is 5.69 Å². The van der Waals surface area contributed by atoms with Crippen molar-refractivity contribution in [3.8, 4) is 11.5 Å². The maximum Gasteiger partial charge on any atom is 0.255 e.